The van der Waals surface area contributed by atoms with E-state index in [1.54, 1.807) is 12.1 Å². The lowest BCUT2D eigenvalue weighted by Gasteiger charge is -2.23. The maximum absolute atomic E-state index is 12.3. The number of nitrogens with zero attached hydrogens (tertiary/aromatic N) is 1. The van der Waals surface area contributed by atoms with Crippen LogP contribution in [0.15, 0.2) is 42.5 Å². The van der Waals surface area contributed by atoms with Crippen LogP contribution in [-0.2, 0) is 14.8 Å². The van der Waals surface area contributed by atoms with E-state index in [-0.39, 0.29) is 29.9 Å². The van der Waals surface area contributed by atoms with Gasteiger partial charge in [-0.3, -0.25) is 9.10 Å². The minimum atomic E-state index is -3.57. The molecule has 8 heteroatoms. The van der Waals surface area contributed by atoms with Gasteiger partial charge < -0.3 is 5.32 Å². The van der Waals surface area contributed by atoms with E-state index in [2.05, 4.69) is 5.32 Å². The van der Waals surface area contributed by atoms with Crippen LogP contribution in [0.25, 0.3) is 0 Å². The second kappa shape index (κ2) is 9.63. The van der Waals surface area contributed by atoms with Crippen LogP contribution >= 0.6 is 23.2 Å². The first-order valence-corrected chi connectivity index (χ1v) is 11.5. The van der Waals surface area contributed by atoms with Crippen molar-refractivity contribution in [3.05, 3.63) is 63.6 Å². The topological polar surface area (TPSA) is 66.5 Å². The number of benzene rings is 2. The van der Waals surface area contributed by atoms with E-state index in [1.807, 2.05) is 38.1 Å². The van der Waals surface area contributed by atoms with E-state index >= 15 is 0 Å². The Bertz CT molecular complexity index is 931. The molecule has 152 valence electrons. The van der Waals surface area contributed by atoms with Gasteiger partial charge in [-0.15, -0.1) is 0 Å². The molecule has 0 radical (unpaired) electrons. The summed E-state index contributed by atoms with van der Waals surface area (Å²) in [6, 6.07) is 12.5. The van der Waals surface area contributed by atoms with Crippen LogP contribution in [0.1, 0.15) is 36.9 Å². The van der Waals surface area contributed by atoms with Crippen LogP contribution in [0, 0.1) is 6.92 Å². The molecule has 5 nitrogen and oxygen atoms in total. The Labute approximate surface area is 176 Å². The molecule has 0 bridgehead atoms. The monoisotopic (exact) mass is 442 g/mol. The quantitative estimate of drug-likeness (QED) is 0.642. The molecule has 0 heterocycles. The van der Waals surface area contributed by atoms with Gasteiger partial charge in [-0.05, 0) is 44.0 Å². The van der Waals surface area contributed by atoms with Gasteiger partial charge in [-0.2, -0.15) is 0 Å². The molecule has 0 aliphatic heterocycles. The zero-order valence-electron chi connectivity index (χ0n) is 16.1. The van der Waals surface area contributed by atoms with Crippen LogP contribution < -0.4 is 9.62 Å². The summed E-state index contributed by atoms with van der Waals surface area (Å²) in [5.41, 5.74) is 2.48. The summed E-state index contributed by atoms with van der Waals surface area (Å²) in [7, 11) is -3.57. The lowest BCUT2D eigenvalue weighted by molar-refractivity contribution is -0.121. The Hall–Kier alpha value is -1.76. The van der Waals surface area contributed by atoms with Crippen molar-refractivity contribution >= 4 is 44.8 Å². The molecule has 2 aromatic carbocycles. The first-order valence-electron chi connectivity index (χ1n) is 8.86. The molecular formula is C20H24Cl2N2O3S. The van der Waals surface area contributed by atoms with Gasteiger partial charge >= 0.3 is 0 Å². The van der Waals surface area contributed by atoms with Crippen LogP contribution in [0.5, 0.6) is 0 Å². The number of sulfonamides is 1. The lowest BCUT2D eigenvalue weighted by Crippen LogP contribution is -2.32. The molecule has 0 spiro atoms. The minimum Gasteiger partial charge on any atom is -0.350 e. The number of carbonyl (C=O) groups excluding carboxylic acids is 1. The van der Waals surface area contributed by atoms with Gasteiger partial charge in [0.15, 0.2) is 0 Å². The second-order valence-electron chi connectivity index (χ2n) is 6.73. The van der Waals surface area contributed by atoms with Crippen molar-refractivity contribution < 1.29 is 13.2 Å². The summed E-state index contributed by atoms with van der Waals surface area (Å²) in [4.78, 5) is 12.3. The van der Waals surface area contributed by atoms with Gasteiger partial charge in [-0.25, -0.2) is 8.42 Å². The molecule has 2 rings (SSSR count). The molecule has 1 N–H and O–H groups in total. The molecule has 0 aliphatic rings. The van der Waals surface area contributed by atoms with Crippen molar-refractivity contribution in [1.29, 1.82) is 0 Å². The third-order valence-electron chi connectivity index (χ3n) is 4.30. The van der Waals surface area contributed by atoms with E-state index < -0.39 is 10.0 Å². The molecule has 0 unspecified atom stereocenters. The Morgan fingerprint density at radius 1 is 1.14 bits per heavy atom. The summed E-state index contributed by atoms with van der Waals surface area (Å²) in [5.74, 6) is -0.140. The maximum atomic E-state index is 12.3. The van der Waals surface area contributed by atoms with Crippen molar-refractivity contribution in [3.63, 3.8) is 0 Å². The highest BCUT2D eigenvalue weighted by Crippen LogP contribution is 2.30. The van der Waals surface area contributed by atoms with E-state index in [9.17, 15) is 13.2 Å². The third kappa shape index (κ3) is 6.40. The smallest absolute Gasteiger partial charge is 0.232 e. The number of aryl methyl sites for hydroxylation is 1. The molecule has 0 aliphatic carbocycles. The van der Waals surface area contributed by atoms with Gasteiger partial charge in [0, 0.05) is 18.0 Å². The van der Waals surface area contributed by atoms with Crippen molar-refractivity contribution in [2.75, 3.05) is 17.1 Å². The predicted octanol–water partition coefficient (Wildman–Crippen LogP) is 4.73. The zero-order valence-corrected chi connectivity index (χ0v) is 18.4. The normalized spacial score (nSPS) is 12.5. The van der Waals surface area contributed by atoms with Crippen LogP contribution in [0.3, 0.4) is 0 Å². The second-order valence-corrected chi connectivity index (χ2v) is 9.48. The van der Waals surface area contributed by atoms with E-state index in [0.717, 1.165) is 17.4 Å². The van der Waals surface area contributed by atoms with E-state index in [1.165, 1.54) is 10.4 Å². The van der Waals surface area contributed by atoms with Gasteiger partial charge in [0.2, 0.25) is 15.9 Å². The Morgan fingerprint density at radius 2 is 1.79 bits per heavy atom. The number of nitrogens with one attached hydrogen (secondary N) is 1. The van der Waals surface area contributed by atoms with Gasteiger partial charge in [0.05, 0.1) is 23.0 Å². The van der Waals surface area contributed by atoms with Crippen LogP contribution in [-0.4, -0.2) is 27.1 Å². The first-order chi connectivity index (χ1) is 13.1. The van der Waals surface area contributed by atoms with Gasteiger partial charge in [0.1, 0.15) is 0 Å². The minimum absolute atomic E-state index is 0.124. The number of anilines is 1. The number of hydrogen-bond acceptors (Lipinski definition) is 3. The zero-order chi connectivity index (χ0) is 20.9. The summed E-state index contributed by atoms with van der Waals surface area (Å²) < 4.78 is 25.5. The molecule has 0 fully saturated rings. The Morgan fingerprint density at radius 3 is 2.39 bits per heavy atom. The Kier molecular flexibility index (Phi) is 7.75. The SMILES string of the molecule is Cc1ccc([C@H](C)NC(=O)CCCN(c2cc(Cl)ccc2Cl)S(C)(=O)=O)cc1. The molecule has 28 heavy (non-hydrogen) atoms. The Balaban J connectivity index is 1.97. The fourth-order valence-electron chi connectivity index (χ4n) is 2.78. The lowest BCUT2D eigenvalue weighted by atomic mass is 10.1. The highest BCUT2D eigenvalue weighted by atomic mass is 35.5. The average Bonchev–Trinajstić information content (AvgIpc) is 2.60. The summed E-state index contributed by atoms with van der Waals surface area (Å²) in [6.45, 7) is 4.05. The van der Waals surface area contributed by atoms with Gasteiger partial charge in [0.25, 0.3) is 0 Å². The van der Waals surface area contributed by atoms with Crippen LogP contribution in [0.4, 0.5) is 5.69 Å². The molecule has 1 atom stereocenters. The fourth-order valence-corrected chi connectivity index (χ4v) is 4.18. The number of rotatable bonds is 8. The van der Waals surface area contributed by atoms with Crippen molar-refractivity contribution in [2.24, 2.45) is 0 Å². The van der Waals surface area contributed by atoms with E-state index in [4.69, 9.17) is 23.2 Å². The summed E-state index contributed by atoms with van der Waals surface area (Å²) >= 11 is 12.1. The van der Waals surface area contributed by atoms with Crippen LogP contribution in [0.2, 0.25) is 10.0 Å². The molecule has 0 saturated heterocycles. The van der Waals surface area contributed by atoms with Gasteiger partial charge in [-0.1, -0.05) is 53.0 Å². The third-order valence-corrected chi connectivity index (χ3v) is 6.03. The number of halogens is 2. The fraction of sp³-hybridized carbons (Fsp3) is 0.350. The first kappa shape index (κ1) is 22.5. The predicted molar refractivity (Wildman–Crippen MR) is 116 cm³/mol. The standard InChI is InChI=1S/C20H24Cl2N2O3S/c1-14-6-8-16(9-7-14)15(2)23-20(25)5-4-12-24(28(3,26)27)19-13-17(21)10-11-18(19)22/h6-11,13,15H,4-5,12H2,1-3H3,(H,23,25)/t15-/m0/s1. The van der Waals surface area contributed by atoms with Crippen molar-refractivity contribution in [2.45, 2.75) is 32.7 Å². The summed E-state index contributed by atoms with van der Waals surface area (Å²) in [6.07, 6.45) is 1.65. The molecule has 0 aromatic heterocycles. The molecule has 2 aromatic rings. The number of amides is 1. The number of carbonyl (C=O) groups is 1. The van der Waals surface area contributed by atoms with Crippen molar-refractivity contribution in [3.8, 4) is 0 Å². The average molecular weight is 443 g/mol. The molecule has 1 amide bonds. The maximum Gasteiger partial charge on any atom is 0.232 e. The highest BCUT2D eigenvalue weighted by molar-refractivity contribution is 7.92. The largest absolute Gasteiger partial charge is 0.350 e. The van der Waals surface area contributed by atoms with Crippen molar-refractivity contribution in [1.82, 2.24) is 5.32 Å². The molecule has 0 saturated carbocycles. The summed E-state index contributed by atoms with van der Waals surface area (Å²) in [5, 5.41) is 3.61. The highest BCUT2D eigenvalue weighted by Gasteiger charge is 2.20. The number of hydrogen-bond donors (Lipinski definition) is 1. The van der Waals surface area contributed by atoms with E-state index in [0.29, 0.717) is 17.1 Å². The molecular weight excluding hydrogens is 419 g/mol.